The van der Waals surface area contributed by atoms with E-state index in [2.05, 4.69) is 20.2 Å². The van der Waals surface area contributed by atoms with Crippen LogP contribution in [0.25, 0.3) is 28.3 Å². The summed E-state index contributed by atoms with van der Waals surface area (Å²) in [6, 6.07) is 8.58. The quantitative estimate of drug-likeness (QED) is 0.232. The molecule has 1 atom stereocenters. The smallest absolute Gasteiger partial charge is 0.204 e. The highest BCUT2D eigenvalue weighted by Gasteiger charge is 2.30. The van der Waals surface area contributed by atoms with E-state index in [4.69, 9.17) is 18.6 Å². The number of rotatable bonds is 11. The number of para-hydroxylation sites is 1. The van der Waals surface area contributed by atoms with Crippen molar-refractivity contribution in [3.63, 3.8) is 0 Å². The third-order valence-electron chi connectivity index (χ3n) is 6.46. The van der Waals surface area contributed by atoms with Crippen molar-refractivity contribution in [3.8, 4) is 28.8 Å². The summed E-state index contributed by atoms with van der Waals surface area (Å²) >= 11 is 0. The van der Waals surface area contributed by atoms with Gasteiger partial charge in [-0.05, 0) is 31.2 Å². The van der Waals surface area contributed by atoms with Gasteiger partial charge >= 0.3 is 0 Å². The van der Waals surface area contributed by atoms with E-state index in [-0.39, 0.29) is 35.8 Å². The molecule has 0 aliphatic rings. The van der Waals surface area contributed by atoms with Crippen molar-refractivity contribution in [3.05, 3.63) is 66.5 Å². The maximum Gasteiger partial charge on any atom is 0.204 e. The Morgan fingerprint density at radius 2 is 1.80 bits per heavy atom. The Hall–Kier alpha value is -4.30. The normalized spacial score (nSPS) is 12.6. The second kappa shape index (κ2) is 11.1. The van der Waals surface area contributed by atoms with E-state index in [0.717, 1.165) is 6.20 Å². The van der Waals surface area contributed by atoms with Crippen LogP contribution in [0.15, 0.2) is 53.5 Å². The molecule has 5 aromatic rings. The van der Waals surface area contributed by atoms with Crippen LogP contribution >= 0.6 is 0 Å². The number of sulfone groups is 1. The lowest BCUT2D eigenvalue weighted by molar-refractivity contribution is 0.134. The SMILES string of the molecule is COCn1cnc2c(C[C@H](C)S(=O)(=O)Cc3nnc(-c4ccco4)n3-c3c(OC)cccc3OC)ncc(F)c21. The number of nitrogens with zero attached hydrogens (tertiary/aromatic N) is 6. The molecule has 0 fully saturated rings. The minimum atomic E-state index is -3.85. The van der Waals surface area contributed by atoms with Gasteiger partial charge in [0.25, 0.3) is 0 Å². The second-order valence-corrected chi connectivity index (χ2v) is 11.4. The average molecular weight is 571 g/mol. The zero-order valence-electron chi connectivity index (χ0n) is 22.2. The van der Waals surface area contributed by atoms with E-state index in [1.807, 2.05) is 0 Å². The van der Waals surface area contributed by atoms with E-state index in [0.29, 0.717) is 28.6 Å². The van der Waals surface area contributed by atoms with Crippen LogP contribution in [0.1, 0.15) is 18.4 Å². The Labute approximate surface area is 229 Å². The summed E-state index contributed by atoms with van der Waals surface area (Å²) in [4.78, 5) is 8.42. The van der Waals surface area contributed by atoms with Crippen molar-refractivity contribution >= 4 is 20.9 Å². The van der Waals surface area contributed by atoms with Crippen molar-refractivity contribution in [2.24, 2.45) is 0 Å². The molecule has 0 aliphatic carbocycles. The summed E-state index contributed by atoms with van der Waals surface area (Å²) in [6.07, 6.45) is 3.98. The molecule has 1 aromatic carbocycles. The Morgan fingerprint density at radius 3 is 2.45 bits per heavy atom. The zero-order chi connectivity index (χ0) is 28.4. The van der Waals surface area contributed by atoms with Gasteiger partial charge in [0.05, 0.1) is 44.0 Å². The van der Waals surface area contributed by atoms with Crippen LogP contribution in [0.4, 0.5) is 4.39 Å². The van der Waals surface area contributed by atoms with E-state index < -0.39 is 26.7 Å². The third kappa shape index (κ3) is 4.91. The highest BCUT2D eigenvalue weighted by molar-refractivity contribution is 7.91. The first kappa shape index (κ1) is 27.3. The van der Waals surface area contributed by atoms with Crippen molar-refractivity contribution in [2.75, 3.05) is 21.3 Å². The van der Waals surface area contributed by atoms with Crippen molar-refractivity contribution in [1.82, 2.24) is 29.3 Å². The van der Waals surface area contributed by atoms with Crippen LogP contribution in [0, 0.1) is 5.82 Å². The molecule has 0 aliphatic heterocycles. The molecular formula is C26H27FN6O6S. The number of halogens is 1. The summed E-state index contributed by atoms with van der Waals surface area (Å²) in [6.45, 7) is 1.65. The lowest BCUT2D eigenvalue weighted by Crippen LogP contribution is -2.24. The fraction of sp³-hybridized carbons (Fsp3) is 0.308. The Bertz CT molecular complexity index is 1730. The summed E-state index contributed by atoms with van der Waals surface area (Å²) < 4.78 is 66.8. The number of pyridine rings is 1. The molecule has 0 saturated heterocycles. The number of imidazole rings is 1. The molecule has 210 valence electrons. The van der Waals surface area contributed by atoms with Crippen molar-refractivity contribution in [2.45, 2.75) is 31.1 Å². The molecular weight excluding hydrogens is 543 g/mol. The van der Waals surface area contributed by atoms with E-state index in [1.165, 1.54) is 38.5 Å². The van der Waals surface area contributed by atoms with E-state index >= 15 is 0 Å². The number of fused-ring (bicyclic) bond motifs is 1. The van der Waals surface area contributed by atoms with Crippen LogP contribution < -0.4 is 9.47 Å². The summed E-state index contributed by atoms with van der Waals surface area (Å²) in [5, 5.41) is 7.56. The highest BCUT2D eigenvalue weighted by Crippen LogP contribution is 2.37. The van der Waals surface area contributed by atoms with E-state index in [1.54, 1.807) is 41.8 Å². The van der Waals surface area contributed by atoms with Gasteiger partial charge in [-0.1, -0.05) is 6.07 Å². The average Bonchev–Trinajstić information content (AvgIpc) is 3.70. The molecule has 0 amide bonds. The number of furan rings is 1. The number of aromatic nitrogens is 6. The first-order chi connectivity index (χ1) is 19.3. The molecule has 0 spiro atoms. The molecule has 12 nitrogen and oxygen atoms in total. The molecule has 5 rings (SSSR count). The fourth-order valence-corrected chi connectivity index (χ4v) is 5.71. The molecule has 0 unspecified atom stereocenters. The largest absolute Gasteiger partial charge is 0.494 e. The number of hydrogen-bond acceptors (Lipinski definition) is 10. The van der Waals surface area contributed by atoms with Gasteiger partial charge in [-0.3, -0.25) is 9.55 Å². The molecule has 4 heterocycles. The summed E-state index contributed by atoms with van der Waals surface area (Å²) in [7, 11) is 0.632. The Balaban J connectivity index is 1.53. The molecule has 40 heavy (non-hydrogen) atoms. The van der Waals surface area contributed by atoms with Crippen molar-refractivity contribution in [1.29, 1.82) is 0 Å². The third-order valence-corrected chi connectivity index (χ3v) is 8.51. The fourth-order valence-electron chi connectivity index (χ4n) is 4.47. The van der Waals surface area contributed by atoms with E-state index in [9.17, 15) is 12.8 Å². The first-order valence-electron chi connectivity index (χ1n) is 12.2. The van der Waals surface area contributed by atoms with Crippen LogP contribution in [-0.4, -0.2) is 64.3 Å². The minimum absolute atomic E-state index is 0.000264. The molecule has 14 heteroatoms. The maximum atomic E-state index is 14.5. The van der Waals surface area contributed by atoms with Gasteiger partial charge in [-0.15, -0.1) is 10.2 Å². The number of benzene rings is 1. The lowest BCUT2D eigenvalue weighted by Gasteiger charge is -2.18. The molecule has 4 aromatic heterocycles. The molecule has 0 N–H and O–H groups in total. The summed E-state index contributed by atoms with van der Waals surface area (Å²) in [5.74, 6) is 0.575. The first-order valence-corrected chi connectivity index (χ1v) is 13.9. The highest BCUT2D eigenvalue weighted by atomic mass is 32.2. The van der Waals surface area contributed by atoms with Crippen LogP contribution in [0.5, 0.6) is 11.5 Å². The minimum Gasteiger partial charge on any atom is -0.494 e. The number of hydrogen-bond donors (Lipinski definition) is 0. The maximum absolute atomic E-state index is 14.5. The van der Waals surface area contributed by atoms with Gasteiger partial charge in [-0.25, -0.2) is 17.8 Å². The topological polar surface area (TPSA) is 136 Å². The zero-order valence-corrected chi connectivity index (χ0v) is 23.1. The second-order valence-electron chi connectivity index (χ2n) is 8.97. The van der Waals surface area contributed by atoms with Crippen molar-refractivity contribution < 1.29 is 31.4 Å². The van der Waals surface area contributed by atoms with Gasteiger partial charge < -0.3 is 23.2 Å². The Kier molecular flexibility index (Phi) is 7.54. The van der Waals surface area contributed by atoms with Gasteiger partial charge in [0, 0.05) is 13.5 Å². The number of methoxy groups -OCH3 is 3. The standard InChI is InChI=1S/C26H27FN6O6S/c1-16(11-18-23-24(17(27)12-28-18)32(14-29-23)15-36-2)40(34,35)13-22-30-31-26(21-9-6-10-39-21)33(22)25-19(37-3)7-5-8-20(25)38-4/h5-10,12,14,16H,11,13,15H2,1-4H3/t16-/m0/s1. The molecule has 0 saturated carbocycles. The van der Waals surface area contributed by atoms with Gasteiger partial charge in [0.1, 0.15) is 40.7 Å². The molecule has 0 bridgehead atoms. The molecule has 0 radical (unpaired) electrons. The summed E-state index contributed by atoms with van der Waals surface area (Å²) in [5.41, 5.74) is 1.25. The lowest BCUT2D eigenvalue weighted by atomic mass is 10.2. The van der Waals surface area contributed by atoms with Crippen LogP contribution in [-0.2, 0) is 33.5 Å². The Morgan fingerprint density at radius 1 is 1.05 bits per heavy atom. The van der Waals surface area contributed by atoms with Crippen LogP contribution in [0.3, 0.4) is 0 Å². The van der Waals surface area contributed by atoms with Crippen LogP contribution in [0.2, 0.25) is 0 Å². The number of ether oxygens (including phenoxy) is 3. The van der Waals surface area contributed by atoms with Gasteiger partial charge in [0.15, 0.2) is 27.2 Å². The van der Waals surface area contributed by atoms with Gasteiger partial charge in [-0.2, -0.15) is 0 Å². The van der Waals surface area contributed by atoms with Gasteiger partial charge in [0.2, 0.25) is 5.82 Å². The predicted molar refractivity (Wildman–Crippen MR) is 142 cm³/mol. The monoisotopic (exact) mass is 570 g/mol. The predicted octanol–water partition coefficient (Wildman–Crippen LogP) is 3.58.